The Hall–Kier alpha value is -2.65. The van der Waals surface area contributed by atoms with E-state index in [1.165, 1.54) is 18.2 Å². The molecule has 11 heteroatoms. The van der Waals surface area contributed by atoms with Crippen LogP contribution in [0.2, 0.25) is 10.0 Å². The average molecular weight is 479 g/mol. The molecule has 0 bridgehead atoms. The fourth-order valence-electron chi connectivity index (χ4n) is 2.62. The topological polar surface area (TPSA) is 87.7 Å². The van der Waals surface area contributed by atoms with Crippen LogP contribution in [-0.4, -0.2) is 23.0 Å². The Labute approximate surface area is 186 Å². The van der Waals surface area contributed by atoms with E-state index in [4.69, 9.17) is 33.0 Å². The van der Waals surface area contributed by atoms with Crippen molar-refractivity contribution in [2.45, 2.75) is 39.1 Å². The number of alkyl halides is 3. The molecular weight excluding hydrogens is 460 g/mol. The number of halogens is 5. The number of benzene rings is 2. The molecule has 168 valence electrons. The lowest BCUT2D eigenvalue weighted by molar-refractivity contribution is -0.140. The van der Waals surface area contributed by atoms with Gasteiger partial charge in [0.2, 0.25) is 5.91 Å². The Balaban J connectivity index is 2.22. The molecule has 31 heavy (non-hydrogen) atoms. The number of ether oxygens (including phenoxy) is 1. The lowest BCUT2D eigenvalue weighted by atomic mass is 10.1. The molecule has 0 saturated heterocycles. The summed E-state index contributed by atoms with van der Waals surface area (Å²) >= 11 is 12.2. The fraction of sp³-hybridized carbons (Fsp3) is 0.300. The van der Waals surface area contributed by atoms with Crippen LogP contribution in [0.3, 0.4) is 0 Å². The molecule has 1 amide bonds. The number of carbonyl (C=O) groups excluding carboxylic acids is 1. The largest absolute Gasteiger partial charge is 0.486 e. The zero-order chi connectivity index (χ0) is 23.3. The zero-order valence-electron chi connectivity index (χ0n) is 16.4. The van der Waals surface area contributed by atoms with E-state index < -0.39 is 30.0 Å². The van der Waals surface area contributed by atoms with E-state index in [1.807, 2.05) is 0 Å². The third kappa shape index (κ3) is 7.52. The normalized spacial score (nSPS) is 11.4. The smallest absolute Gasteiger partial charge is 0.416 e. The number of amides is 1. The van der Waals surface area contributed by atoms with Crippen molar-refractivity contribution >= 4 is 46.5 Å². The summed E-state index contributed by atoms with van der Waals surface area (Å²) in [6.45, 7) is 3.35. The molecule has 0 spiro atoms. The number of carbonyl (C=O) groups is 2. The van der Waals surface area contributed by atoms with Crippen molar-refractivity contribution in [2.75, 3.05) is 10.6 Å². The van der Waals surface area contributed by atoms with E-state index in [-0.39, 0.29) is 45.4 Å². The molecule has 0 radical (unpaired) electrons. The minimum atomic E-state index is -4.53. The van der Waals surface area contributed by atoms with Gasteiger partial charge in [-0.25, -0.2) is 0 Å². The van der Waals surface area contributed by atoms with Crippen molar-refractivity contribution in [3.63, 3.8) is 0 Å². The molecule has 2 aromatic rings. The summed E-state index contributed by atoms with van der Waals surface area (Å²) in [4.78, 5) is 22.1. The van der Waals surface area contributed by atoms with Crippen LogP contribution in [0.25, 0.3) is 0 Å². The van der Waals surface area contributed by atoms with Crippen LogP contribution < -0.4 is 15.4 Å². The maximum Gasteiger partial charge on any atom is 0.416 e. The second-order valence-electron chi connectivity index (χ2n) is 6.89. The van der Waals surface area contributed by atoms with Gasteiger partial charge in [0.25, 0.3) is 0 Å². The Bertz CT molecular complexity index is 958. The van der Waals surface area contributed by atoms with Gasteiger partial charge in [0.05, 0.1) is 15.6 Å². The first-order valence-electron chi connectivity index (χ1n) is 8.96. The Kier molecular flexibility index (Phi) is 8.02. The van der Waals surface area contributed by atoms with Crippen LogP contribution in [-0.2, 0) is 22.4 Å². The van der Waals surface area contributed by atoms with E-state index in [0.29, 0.717) is 0 Å². The predicted molar refractivity (Wildman–Crippen MR) is 112 cm³/mol. The van der Waals surface area contributed by atoms with Crippen molar-refractivity contribution in [3.05, 3.63) is 51.5 Å². The minimum absolute atomic E-state index is 0.00868. The number of nitrogens with one attached hydrogen (secondary N) is 2. The first-order valence-corrected chi connectivity index (χ1v) is 9.72. The summed E-state index contributed by atoms with van der Waals surface area (Å²) in [6, 6.07) is 6.01. The molecule has 0 aliphatic heterocycles. The molecule has 0 fully saturated rings. The second-order valence-corrected chi connectivity index (χ2v) is 7.71. The quantitative estimate of drug-likeness (QED) is 0.415. The van der Waals surface area contributed by atoms with Gasteiger partial charge in [-0.05, 0) is 49.7 Å². The minimum Gasteiger partial charge on any atom is -0.486 e. The second kappa shape index (κ2) is 10.1. The highest BCUT2D eigenvalue weighted by molar-refractivity contribution is 6.37. The summed E-state index contributed by atoms with van der Waals surface area (Å²) in [5.41, 5.74) is -0.150. The third-order valence-electron chi connectivity index (χ3n) is 3.75. The summed E-state index contributed by atoms with van der Waals surface area (Å²) in [7, 11) is 0. The van der Waals surface area contributed by atoms with Crippen LogP contribution in [0, 0.1) is 0 Å². The molecule has 0 aliphatic carbocycles. The monoisotopic (exact) mass is 478 g/mol. The van der Waals surface area contributed by atoms with E-state index in [2.05, 4.69) is 10.6 Å². The molecule has 0 saturated carbocycles. The molecule has 2 aromatic carbocycles. The lowest BCUT2D eigenvalue weighted by Gasteiger charge is -2.17. The van der Waals surface area contributed by atoms with Crippen molar-refractivity contribution in [2.24, 2.45) is 0 Å². The highest BCUT2D eigenvalue weighted by Gasteiger charge is 2.31. The Morgan fingerprint density at radius 3 is 2.19 bits per heavy atom. The number of aliphatic carboxylic acids is 1. The van der Waals surface area contributed by atoms with Crippen LogP contribution >= 0.6 is 23.2 Å². The van der Waals surface area contributed by atoms with Gasteiger partial charge in [0.15, 0.2) is 5.75 Å². The van der Waals surface area contributed by atoms with Crippen LogP contribution in [0.4, 0.5) is 24.5 Å². The molecule has 3 N–H and O–H groups in total. The van der Waals surface area contributed by atoms with Crippen LogP contribution in [0.5, 0.6) is 5.75 Å². The van der Waals surface area contributed by atoms with Gasteiger partial charge < -0.3 is 20.5 Å². The van der Waals surface area contributed by atoms with Crippen molar-refractivity contribution in [1.82, 2.24) is 0 Å². The Morgan fingerprint density at radius 2 is 1.68 bits per heavy atom. The molecule has 0 aliphatic rings. The molecule has 6 nitrogen and oxygen atoms in total. The van der Waals surface area contributed by atoms with E-state index in [1.54, 1.807) is 13.8 Å². The first-order chi connectivity index (χ1) is 14.3. The number of rotatable bonds is 8. The van der Waals surface area contributed by atoms with Gasteiger partial charge in [0, 0.05) is 17.4 Å². The SMILES string of the molecule is CC(C)Nc1cc(COc2c(Cl)cc(NC(=O)CC(=O)O)cc2Cl)cc(C(F)(F)F)c1. The number of anilines is 2. The van der Waals surface area contributed by atoms with Gasteiger partial charge in [-0.15, -0.1) is 0 Å². The van der Waals surface area contributed by atoms with E-state index in [9.17, 15) is 22.8 Å². The molecule has 0 aromatic heterocycles. The molecular formula is C20H19Cl2F3N2O4. The van der Waals surface area contributed by atoms with Gasteiger partial charge in [0.1, 0.15) is 13.0 Å². The lowest BCUT2D eigenvalue weighted by Crippen LogP contribution is -2.16. The van der Waals surface area contributed by atoms with Gasteiger partial charge in [-0.1, -0.05) is 23.2 Å². The third-order valence-corrected chi connectivity index (χ3v) is 4.31. The summed E-state index contributed by atoms with van der Waals surface area (Å²) < 4.78 is 45.2. The maximum absolute atomic E-state index is 13.2. The predicted octanol–water partition coefficient (Wildman–Crippen LogP) is 5.82. The average Bonchev–Trinajstić information content (AvgIpc) is 2.58. The zero-order valence-corrected chi connectivity index (χ0v) is 18.0. The molecule has 0 heterocycles. The highest BCUT2D eigenvalue weighted by Crippen LogP contribution is 2.37. The van der Waals surface area contributed by atoms with Gasteiger partial charge >= 0.3 is 12.1 Å². The number of hydrogen-bond acceptors (Lipinski definition) is 4. The summed E-state index contributed by atoms with van der Waals surface area (Å²) in [5.74, 6) is -2.07. The molecule has 0 unspecified atom stereocenters. The number of hydrogen-bond donors (Lipinski definition) is 3. The van der Waals surface area contributed by atoms with Crippen molar-refractivity contribution in [3.8, 4) is 5.75 Å². The van der Waals surface area contributed by atoms with E-state index in [0.717, 1.165) is 12.1 Å². The maximum atomic E-state index is 13.2. The van der Waals surface area contributed by atoms with E-state index >= 15 is 0 Å². The fourth-order valence-corrected chi connectivity index (χ4v) is 3.22. The van der Waals surface area contributed by atoms with Gasteiger partial charge in [-0.2, -0.15) is 13.2 Å². The summed E-state index contributed by atoms with van der Waals surface area (Å²) in [5, 5.41) is 13.9. The molecule has 0 atom stereocenters. The highest BCUT2D eigenvalue weighted by atomic mass is 35.5. The van der Waals surface area contributed by atoms with Gasteiger partial charge in [-0.3, -0.25) is 9.59 Å². The van der Waals surface area contributed by atoms with Crippen LogP contribution in [0.15, 0.2) is 30.3 Å². The number of carboxylic acid groups (broad SMARTS) is 1. The van der Waals surface area contributed by atoms with Crippen molar-refractivity contribution < 1.29 is 32.6 Å². The Morgan fingerprint density at radius 1 is 1.06 bits per heavy atom. The summed E-state index contributed by atoms with van der Waals surface area (Å²) in [6.07, 6.45) is -5.27. The van der Waals surface area contributed by atoms with Crippen molar-refractivity contribution in [1.29, 1.82) is 0 Å². The van der Waals surface area contributed by atoms with Crippen LogP contribution in [0.1, 0.15) is 31.4 Å². The molecule has 2 rings (SSSR count). The standard InChI is InChI=1S/C20H19Cl2F3N2O4/c1-10(2)26-13-4-11(3-12(5-13)20(23,24)25)9-31-19-15(21)6-14(7-16(19)22)27-17(28)8-18(29)30/h3-7,10,26H,8-9H2,1-2H3,(H,27,28)(H,29,30). The first kappa shape index (κ1) is 24.6. The number of carboxylic acids is 1.